The molecule has 0 aliphatic heterocycles. The first-order chi connectivity index (χ1) is 7.13. The van der Waals surface area contributed by atoms with Crippen LogP contribution in [0.4, 0.5) is 5.82 Å². The van der Waals surface area contributed by atoms with E-state index < -0.39 is 0 Å². The van der Waals surface area contributed by atoms with Crippen molar-refractivity contribution in [2.24, 2.45) is 0 Å². The summed E-state index contributed by atoms with van der Waals surface area (Å²) < 4.78 is 4.64. The van der Waals surface area contributed by atoms with Crippen molar-refractivity contribution >= 4 is 11.8 Å². The van der Waals surface area contributed by atoms with Crippen molar-refractivity contribution in [3.63, 3.8) is 0 Å². The number of rotatable bonds is 3. The number of nitrogens with one attached hydrogen (secondary N) is 1. The lowest BCUT2D eigenvalue weighted by molar-refractivity contribution is 0.0600. The van der Waals surface area contributed by atoms with E-state index in [9.17, 15) is 4.79 Å². The standard InChI is InChI=1S/C11H14N2O2/c1-11(4-5-11)13-9-7-8(3-6-12-9)10(14)15-2/h3,6-7H,4-5H2,1-2H3,(H,12,13). The van der Waals surface area contributed by atoms with Crippen molar-refractivity contribution in [3.05, 3.63) is 23.9 Å². The van der Waals surface area contributed by atoms with Crippen molar-refractivity contribution in [3.8, 4) is 0 Å². The maximum Gasteiger partial charge on any atom is 0.338 e. The molecule has 1 heterocycles. The Morgan fingerprint density at radius 1 is 1.60 bits per heavy atom. The molecule has 1 aliphatic carbocycles. The van der Waals surface area contributed by atoms with Crippen LogP contribution < -0.4 is 5.32 Å². The van der Waals surface area contributed by atoms with Crippen LogP contribution in [0, 0.1) is 0 Å². The smallest absolute Gasteiger partial charge is 0.338 e. The van der Waals surface area contributed by atoms with Crippen LogP contribution in [0.5, 0.6) is 0 Å². The molecule has 1 fully saturated rings. The largest absolute Gasteiger partial charge is 0.465 e. The number of pyridine rings is 1. The SMILES string of the molecule is COC(=O)c1ccnc(NC2(C)CC2)c1. The third-order valence-corrected chi connectivity index (χ3v) is 2.61. The normalized spacial score (nSPS) is 16.9. The van der Waals surface area contributed by atoms with Crippen LogP contribution in [0.2, 0.25) is 0 Å². The van der Waals surface area contributed by atoms with Crippen LogP contribution in [-0.2, 0) is 4.74 Å². The zero-order valence-corrected chi connectivity index (χ0v) is 8.91. The predicted octanol–water partition coefficient (Wildman–Crippen LogP) is 1.83. The summed E-state index contributed by atoms with van der Waals surface area (Å²) in [6.07, 6.45) is 3.91. The number of esters is 1. The van der Waals surface area contributed by atoms with Gasteiger partial charge in [0, 0.05) is 11.7 Å². The van der Waals surface area contributed by atoms with Crippen LogP contribution in [0.1, 0.15) is 30.1 Å². The Bertz CT molecular complexity index is 386. The van der Waals surface area contributed by atoms with Gasteiger partial charge in [-0.1, -0.05) is 0 Å². The van der Waals surface area contributed by atoms with E-state index in [1.165, 1.54) is 7.11 Å². The van der Waals surface area contributed by atoms with Crippen LogP contribution in [-0.4, -0.2) is 23.6 Å². The molecular formula is C11H14N2O2. The molecule has 0 unspecified atom stereocenters. The number of carbonyl (C=O) groups is 1. The van der Waals surface area contributed by atoms with Crippen LogP contribution in [0.3, 0.4) is 0 Å². The van der Waals surface area contributed by atoms with Gasteiger partial charge >= 0.3 is 5.97 Å². The number of anilines is 1. The molecule has 1 aliphatic rings. The lowest BCUT2D eigenvalue weighted by atomic mass is 10.2. The molecule has 1 saturated carbocycles. The molecule has 0 amide bonds. The Morgan fingerprint density at radius 3 is 2.93 bits per heavy atom. The second-order valence-corrected chi connectivity index (χ2v) is 4.11. The maximum atomic E-state index is 11.3. The van der Waals surface area contributed by atoms with Gasteiger partial charge in [-0.15, -0.1) is 0 Å². The number of aromatic nitrogens is 1. The van der Waals surface area contributed by atoms with E-state index in [0.29, 0.717) is 5.56 Å². The second kappa shape index (κ2) is 3.53. The average Bonchev–Trinajstić information content (AvgIpc) is 2.95. The summed E-state index contributed by atoms with van der Waals surface area (Å²) in [7, 11) is 1.37. The number of methoxy groups -OCH3 is 1. The lowest BCUT2D eigenvalue weighted by Gasteiger charge is -2.12. The molecule has 0 radical (unpaired) electrons. The molecule has 0 aromatic carbocycles. The monoisotopic (exact) mass is 206 g/mol. The molecule has 1 aromatic heterocycles. The fourth-order valence-electron chi connectivity index (χ4n) is 1.37. The molecule has 4 nitrogen and oxygen atoms in total. The highest BCUT2D eigenvalue weighted by Crippen LogP contribution is 2.37. The van der Waals surface area contributed by atoms with E-state index in [2.05, 4.69) is 22.0 Å². The Labute approximate surface area is 88.7 Å². The Balaban J connectivity index is 2.15. The fourth-order valence-corrected chi connectivity index (χ4v) is 1.37. The number of nitrogens with zero attached hydrogens (tertiary/aromatic N) is 1. The van der Waals surface area contributed by atoms with E-state index in [1.54, 1.807) is 18.3 Å². The van der Waals surface area contributed by atoms with E-state index in [0.717, 1.165) is 18.7 Å². The third-order valence-electron chi connectivity index (χ3n) is 2.61. The van der Waals surface area contributed by atoms with E-state index in [-0.39, 0.29) is 11.5 Å². The topological polar surface area (TPSA) is 51.2 Å². The van der Waals surface area contributed by atoms with Gasteiger partial charge in [-0.3, -0.25) is 0 Å². The Morgan fingerprint density at radius 2 is 2.33 bits per heavy atom. The van der Waals surface area contributed by atoms with Gasteiger partial charge in [-0.2, -0.15) is 0 Å². The Kier molecular flexibility index (Phi) is 2.34. The van der Waals surface area contributed by atoms with Crippen molar-refractivity contribution in [1.82, 2.24) is 4.98 Å². The van der Waals surface area contributed by atoms with Crippen LogP contribution >= 0.6 is 0 Å². The maximum absolute atomic E-state index is 11.3. The summed E-state index contributed by atoms with van der Waals surface area (Å²) >= 11 is 0. The van der Waals surface area contributed by atoms with E-state index in [1.807, 2.05) is 0 Å². The molecule has 1 aromatic rings. The zero-order chi connectivity index (χ0) is 10.9. The van der Waals surface area contributed by atoms with Gasteiger partial charge < -0.3 is 10.1 Å². The van der Waals surface area contributed by atoms with Gasteiger partial charge in [0.15, 0.2) is 0 Å². The first-order valence-electron chi connectivity index (χ1n) is 4.95. The van der Waals surface area contributed by atoms with Gasteiger partial charge in [0.1, 0.15) is 5.82 Å². The summed E-state index contributed by atoms with van der Waals surface area (Å²) in [6.45, 7) is 2.14. The van der Waals surface area contributed by atoms with Crippen molar-refractivity contribution in [2.45, 2.75) is 25.3 Å². The summed E-state index contributed by atoms with van der Waals surface area (Å²) in [4.78, 5) is 15.4. The summed E-state index contributed by atoms with van der Waals surface area (Å²) in [5.74, 6) is 0.402. The van der Waals surface area contributed by atoms with Gasteiger partial charge in [-0.25, -0.2) is 9.78 Å². The van der Waals surface area contributed by atoms with Crippen LogP contribution in [0.25, 0.3) is 0 Å². The first kappa shape index (κ1) is 9.96. The van der Waals surface area contributed by atoms with Crippen LogP contribution in [0.15, 0.2) is 18.3 Å². The molecule has 80 valence electrons. The van der Waals surface area contributed by atoms with E-state index in [4.69, 9.17) is 0 Å². The summed E-state index contributed by atoms with van der Waals surface area (Å²) in [5, 5.41) is 3.29. The number of hydrogen-bond acceptors (Lipinski definition) is 4. The van der Waals surface area contributed by atoms with Crippen molar-refractivity contribution in [2.75, 3.05) is 12.4 Å². The molecular weight excluding hydrogens is 192 g/mol. The van der Waals surface area contributed by atoms with Gasteiger partial charge in [0.2, 0.25) is 0 Å². The predicted molar refractivity (Wildman–Crippen MR) is 56.8 cm³/mol. The number of carbonyl (C=O) groups excluding carboxylic acids is 1. The molecule has 15 heavy (non-hydrogen) atoms. The van der Waals surface area contributed by atoms with Gasteiger partial charge in [0.25, 0.3) is 0 Å². The summed E-state index contributed by atoms with van der Waals surface area (Å²) in [5.41, 5.74) is 0.695. The summed E-state index contributed by atoms with van der Waals surface area (Å²) in [6, 6.07) is 3.36. The fraction of sp³-hybridized carbons (Fsp3) is 0.455. The molecule has 0 atom stereocenters. The third kappa shape index (κ3) is 2.26. The zero-order valence-electron chi connectivity index (χ0n) is 8.91. The number of hydrogen-bond donors (Lipinski definition) is 1. The molecule has 0 saturated heterocycles. The minimum Gasteiger partial charge on any atom is -0.465 e. The van der Waals surface area contributed by atoms with Crippen molar-refractivity contribution < 1.29 is 9.53 Å². The minimum absolute atomic E-state index is 0.168. The second-order valence-electron chi connectivity index (χ2n) is 4.11. The molecule has 1 N–H and O–H groups in total. The molecule has 2 rings (SSSR count). The molecule has 4 heteroatoms. The average molecular weight is 206 g/mol. The molecule has 0 bridgehead atoms. The highest BCUT2D eigenvalue weighted by Gasteiger charge is 2.37. The highest BCUT2D eigenvalue weighted by molar-refractivity contribution is 5.90. The quantitative estimate of drug-likeness (QED) is 0.766. The van der Waals surface area contributed by atoms with Gasteiger partial charge in [-0.05, 0) is 31.9 Å². The molecule has 0 spiro atoms. The minimum atomic E-state index is -0.332. The number of ether oxygens (including phenoxy) is 1. The Hall–Kier alpha value is -1.58. The van der Waals surface area contributed by atoms with E-state index >= 15 is 0 Å². The lowest BCUT2D eigenvalue weighted by Crippen LogP contribution is -2.17. The van der Waals surface area contributed by atoms with Gasteiger partial charge in [0.05, 0.1) is 12.7 Å². The highest BCUT2D eigenvalue weighted by atomic mass is 16.5. The van der Waals surface area contributed by atoms with Crippen molar-refractivity contribution in [1.29, 1.82) is 0 Å². The first-order valence-corrected chi connectivity index (χ1v) is 4.95.